The van der Waals surface area contributed by atoms with Crippen LogP contribution in [0.3, 0.4) is 0 Å². The van der Waals surface area contributed by atoms with Crippen molar-refractivity contribution in [2.24, 2.45) is 0 Å². The summed E-state index contributed by atoms with van der Waals surface area (Å²) in [4.78, 5) is 8.92. The summed E-state index contributed by atoms with van der Waals surface area (Å²) in [7, 11) is 0. The number of nitrogens with one attached hydrogen (secondary N) is 2. The minimum atomic E-state index is 0.583. The van der Waals surface area contributed by atoms with Crippen LogP contribution in [0.5, 0.6) is 0 Å². The van der Waals surface area contributed by atoms with Gasteiger partial charge >= 0.3 is 0 Å². The number of benzene rings is 1. The molecule has 5 heteroatoms. The van der Waals surface area contributed by atoms with Gasteiger partial charge < -0.3 is 10.6 Å². The maximum absolute atomic E-state index is 6.13. The smallest absolute Gasteiger partial charge is 0.229 e. The fourth-order valence-electron chi connectivity index (χ4n) is 1.97. The molecule has 2 N–H and O–H groups in total. The van der Waals surface area contributed by atoms with Crippen molar-refractivity contribution in [3.05, 3.63) is 40.5 Å². The highest BCUT2D eigenvalue weighted by Gasteiger charge is 2.06. The Bertz CT molecular complexity index is 613. The summed E-state index contributed by atoms with van der Waals surface area (Å²) < 4.78 is 0. The van der Waals surface area contributed by atoms with Crippen molar-refractivity contribution < 1.29 is 0 Å². The van der Waals surface area contributed by atoms with Crippen molar-refractivity contribution in [2.75, 3.05) is 17.2 Å². The quantitative estimate of drug-likeness (QED) is 0.759. The predicted molar refractivity (Wildman–Crippen MR) is 89.6 cm³/mol. The molecule has 0 aliphatic carbocycles. The molecule has 0 saturated carbocycles. The zero-order valence-corrected chi connectivity index (χ0v) is 13.5. The molecular weight excluding hydrogens is 284 g/mol. The van der Waals surface area contributed by atoms with E-state index >= 15 is 0 Å². The van der Waals surface area contributed by atoms with E-state index in [0.717, 1.165) is 47.2 Å². The molecule has 1 aromatic carbocycles. The number of nitrogens with zero attached hydrogens (tertiary/aromatic N) is 2. The van der Waals surface area contributed by atoms with Crippen molar-refractivity contribution in [1.29, 1.82) is 0 Å². The van der Waals surface area contributed by atoms with Crippen molar-refractivity contribution in [3.63, 3.8) is 0 Å². The van der Waals surface area contributed by atoms with Crippen LogP contribution in [0.25, 0.3) is 0 Å². The average Bonchev–Trinajstić information content (AvgIpc) is 2.44. The number of aryl methyl sites for hydroxylation is 1. The molecule has 0 amide bonds. The van der Waals surface area contributed by atoms with Gasteiger partial charge in [0, 0.05) is 29.0 Å². The topological polar surface area (TPSA) is 49.8 Å². The summed E-state index contributed by atoms with van der Waals surface area (Å²) in [5, 5.41) is 7.29. The highest BCUT2D eigenvalue weighted by molar-refractivity contribution is 6.31. The summed E-state index contributed by atoms with van der Waals surface area (Å²) in [5.74, 6) is 1.43. The molecule has 112 valence electrons. The summed E-state index contributed by atoms with van der Waals surface area (Å²) in [6.07, 6.45) is 2.28. The molecular formula is C16H21ClN4. The highest BCUT2D eigenvalue weighted by atomic mass is 35.5. The first-order valence-corrected chi connectivity index (χ1v) is 7.59. The number of aromatic nitrogens is 2. The third-order valence-corrected chi connectivity index (χ3v) is 3.61. The first-order chi connectivity index (χ1) is 10.1. The monoisotopic (exact) mass is 304 g/mol. The molecule has 0 bridgehead atoms. The van der Waals surface area contributed by atoms with Gasteiger partial charge in [0.25, 0.3) is 0 Å². The van der Waals surface area contributed by atoms with Crippen LogP contribution in [0, 0.1) is 13.8 Å². The zero-order chi connectivity index (χ0) is 15.2. The van der Waals surface area contributed by atoms with Gasteiger partial charge in [-0.1, -0.05) is 31.0 Å². The predicted octanol–water partition coefficient (Wildman–Crippen LogP) is 4.70. The normalized spacial score (nSPS) is 10.5. The second-order valence-corrected chi connectivity index (χ2v) is 5.44. The van der Waals surface area contributed by atoms with Crippen LogP contribution in [0.1, 0.15) is 31.0 Å². The number of anilines is 3. The lowest BCUT2D eigenvalue weighted by molar-refractivity contribution is 0.830. The molecule has 0 aliphatic heterocycles. The van der Waals surface area contributed by atoms with Gasteiger partial charge in [0.05, 0.1) is 0 Å². The lowest BCUT2D eigenvalue weighted by atomic mass is 10.2. The molecule has 2 rings (SSSR count). The van der Waals surface area contributed by atoms with Crippen LogP contribution in [0.4, 0.5) is 17.5 Å². The van der Waals surface area contributed by atoms with Gasteiger partial charge in [0.2, 0.25) is 5.95 Å². The van der Waals surface area contributed by atoms with E-state index in [1.54, 1.807) is 0 Å². The second-order valence-electron chi connectivity index (χ2n) is 5.04. The Morgan fingerprint density at radius 3 is 2.76 bits per heavy atom. The van der Waals surface area contributed by atoms with Gasteiger partial charge in [-0.2, -0.15) is 4.98 Å². The molecule has 0 fully saturated rings. The molecule has 21 heavy (non-hydrogen) atoms. The van der Waals surface area contributed by atoms with Gasteiger partial charge in [0.1, 0.15) is 5.82 Å². The van der Waals surface area contributed by atoms with E-state index in [-0.39, 0.29) is 0 Å². The fraction of sp³-hybridized carbons (Fsp3) is 0.375. The maximum atomic E-state index is 6.13. The second kappa shape index (κ2) is 7.27. The van der Waals surface area contributed by atoms with E-state index in [0.29, 0.717) is 5.95 Å². The molecule has 0 aliphatic rings. The Hall–Kier alpha value is -1.81. The lowest BCUT2D eigenvalue weighted by Crippen LogP contribution is -2.07. The van der Waals surface area contributed by atoms with Crippen LogP contribution in [-0.4, -0.2) is 16.5 Å². The largest absolute Gasteiger partial charge is 0.370 e. The number of hydrogen-bond acceptors (Lipinski definition) is 4. The molecule has 1 aromatic heterocycles. The Morgan fingerprint density at radius 1 is 1.19 bits per heavy atom. The minimum absolute atomic E-state index is 0.583. The van der Waals surface area contributed by atoms with Gasteiger partial charge in [-0.05, 0) is 38.0 Å². The Morgan fingerprint density at radius 2 is 2.00 bits per heavy atom. The molecule has 2 aromatic rings. The fourth-order valence-corrected chi connectivity index (χ4v) is 2.15. The maximum Gasteiger partial charge on any atom is 0.229 e. The van der Waals surface area contributed by atoms with Crippen LogP contribution in [-0.2, 0) is 0 Å². The molecule has 0 saturated heterocycles. The van der Waals surface area contributed by atoms with E-state index in [2.05, 4.69) is 27.5 Å². The van der Waals surface area contributed by atoms with Crippen LogP contribution < -0.4 is 10.6 Å². The van der Waals surface area contributed by atoms with E-state index in [9.17, 15) is 0 Å². The highest BCUT2D eigenvalue weighted by Crippen LogP contribution is 2.25. The van der Waals surface area contributed by atoms with Gasteiger partial charge in [-0.15, -0.1) is 0 Å². The summed E-state index contributed by atoms with van der Waals surface area (Å²) in [6.45, 7) is 7.02. The number of hydrogen-bond donors (Lipinski definition) is 2. The summed E-state index contributed by atoms with van der Waals surface area (Å²) in [6, 6.07) is 7.70. The minimum Gasteiger partial charge on any atom is -0.370 e. The van der Waals surface area contributed by atoms with Crippen molar-refractivity contribution in [1.82, 2.24) is 9.97 Å². The molecule has 4 nitrogen and oxygen atoms in total. The lowest BCUT2D eigenvalue weighted by Gasteiger charge is -2.12. The SMILES string of the molecule is CCCCNc1cc(C)nc(Nc2cccc(Cl)c2C)n1. The molecule has 0 unspecified atom stereocenters. The summed E-state index contributed by atoms with van der Waals surface area (Å²) in [5.41, 5.74) is 2.84. The van der Waals surface area contributed by atoms with E-state index in [1.807, 2.05) is 38.1 Å². The van der Waals surface area contributed by atoms with Crippen molar-refractivity contribution >= 4 is 29.1 Å². The molecule has 1 heterocycles. The molecule has 0 spiro atoms. The van der Waals surface area contributed by atoms with E-state index in [1.165, 1.54) is 0 Å². The first-order valence-electron chi connectivity index (χ1n) is 7.22. The van der Waals surface area contributed by atoms with Crippen LogP contribution in [0.2, 0.25) is 5.02 Å². The van der Waals surface area contributed by atoms with E-state index in [4.69, 9.17) is 11.6 Å². The first kappa shape index (κ1) is 15.6. The number of halogens is 1. The summed E-state index contributed by atoms with van der Waals surface area (Å²) >= 11 is 6.13. The van der Waals surface area contributed by atoms with Gasteiger partial charge in [0.15, 0.2) is 0 Å². The standard InChI is InChI=1S/C16H21ClN4/c1-4-5-9-18-15-10-11(2)19-16(21-15)20-14-8-6-7-13(17)12(14)3/h6-8,10H,4-5,9H2,1-3H3,(H2,18,19,20,21). The number of unbranched alkanes of at least 4 members (excludes halogenated alkanes) is 1. The third-order valence-electron chi connectivity index (χ3n) is 3.20. The van der Waals surface area contributed by atoms with Crippen LogP contribution in [0.15, 0.2) is 24.3 Å². The molecule has 0 atom stereocenters. The van der Waals surface area contributed by atoms with Crippen molar-refractivity contribution in [2.45, 2.75) is 33.6 Å². The third kappa shape index (κ3) is 4.33. The van der Waals surface area contributed by atoms with Crippen molar-refractivity contribution in [3.8, 4) is 0 Å². The van der Waals surface area contributed by atoms with Gasteiger partial charge in [-0.3, -0.25) is 0 Å². The van der Waals surface area contributed by atoms with E-state index < -0.39 is 0 Å². The number of rotatable bonds is 6. The van der Waals surface area contributed by atoms with Crippen LogP contribution >= 0.6 is 11.6 Å². The Labute approximate surface area is 131 Å². The zero-order valence-electron chi connectivity index (χ0n) is 12.7. The molecule has 0 radical (unpaired) electrons. The Balaban J connectivity index is 2.17. The average molecular weight is 305 g/mol. The Kier molecular flexibility index (Phi) is 5.39. The van der Waals surface area contributed by atoms with Gasteiger partial charge in [-0.25, -0.2) is 4.98 Å².